The standard InChI is InChI=1S/C15H21N3O3/c1-4-18(5-2)12-8-6-11(7-9-12)16-14(19)13-10-21-15(20)17(13)3/h6-9,13H,4-5,10H2,1-3H3,(H,16,19). The van der Waals surface area contributed by atoms with Crippen LogP contribution in [0.2, 0.25) is 0 Å². The maximum atomic E-state index is 12.1. The first-order chi connectivity index (χ1) is 10.1. The minimum atomic E-state index is -0.569. The lowest BCUT2D eigenvalue weighted by Gasteiger charge is -2.21. The number of hydrogen-bond acceptors (Lipinski definition) is 4. The van der Waals surface area contributed by atoms with E-state index >= 15 is 0 Å². The second-order valence-corrected chi connectivity index (χ2v) is 4.91. The molecule has 6 heteroatoms. The summed E-state index contributed by atoms with van der Waals surface area (Å²) in [6, 6.07) is 7.11. The van der Waals surface area contributed by atoms with Crippen molar-refractivity contribution in [2.24, 2.45) is 0 Å². The molecule has 1 heterocycles. The van der Waals surface area contributed by atoms with E-state index in [1.807, 2.05) is 24.3 Å². The second kappa shape index (κ2) is 6.47. The summed E-state index contributed by atoms with van der Waals surface area (Å²) in [6.45, 7) is 6.18. The third kappa shape index (κ3) is 3.26. The monoisotopic (exact) mass is 291 g/mol. The third-order valence-corrected chi connectivity index (χ3v) is 3.69. The van der Waals surface area contributed by atoms with E-state index in [4.69, 9.17) is 4.74 Å². The molecule has 1 atom stereocenters. The number of cyclic esters (lactones) is 1. The van der Waals surface area contributed by atoms with Crippen molar-refractivity contribution in [3.63, 3.8) is 0 Å². The van der Waals surface area contributed by atoms with Crippen molar-refractivity contribution in [3.8, 4) is 0 Å². The Balaban J connectivity index is 2.00. The summed E-state index contributed by atoms with van der Waals surface area (Å²) in [4.78, 5) is 26.9. The Bertz CT molecular complexity index is 511. The van der Waals surface area contributed by atoms with Crippen LogP contribution in [0.4, 0.5) is 16.2 Å². The van der Waals surface area contributed by atoms with Crippen LogP contribution < -0.4 is 10.2 Å². The molecule has 1 aliphatic heterocycles. The van der Waals surface area contributed by atoms with Crippen LogP contribution in [-0.4, -0.2) is 49.7 Å². The number of likely N-dealkylation sites (N-methyl/N-ethyl adjacent to an activating group) is 1. The Hall–Kier alpha value is -2.24. The van der Waals surface area contributed by atoms with Crippen LogP contribution in [0.25, 0.3) is 0 Å². The molecule has 0 aromatic heterocycles. The topological polar surface area (TPSA) is 61.9 Å². The smallest absolute Gasteiger partial charge is 0.410 e. The lowest BCUT2D eigenvalue weighted by Crippen LogP contribution is -2.40. The van der Waals surface area contributed by atoms with E-state index in [1.54, 1.807) is 7.05 Å². The van der Waals surface area contributed by atoms with Gasteiger partial charge in [0, 0.05) is 31.5 Å². The first kappa shape index (κ1) is 15.2. The molecule has 1 aliphatic rings. The predicted molar refractivity (Wildman–Crippen MR) is 81.5 cm³/mol. The Morgan fingerprint density at radius 2 is 1.95 bits per heavy atom. The summed E-state index contributed by atoms with van der Waals surface area (Å²) in [6.07, 6.45) is -0.466. The van der Waals surface area contributed by atoms with Gasteiger partial charge < -0.3 is 15.0 Å². The predicted octanol–water partition coefficient (Wildman–Crippen LogP) is 1.92. The largest absolute Gasteiger partial charge is 0.447 e. The highest BCUT2D eigenvalue weighted by molar-refractivity contribution is 5.97. The average Bonchev–Trinajstić information content (AvgIpc) is 2.82. The van der Waals surface area contributed by atoms with E-state index in [9.17, 15) is 9.59 Å². The van der Waals surface area contributed by atoms with Crippen molar-refractivity contribution < 1.29 is 14.3 Å². The van der Waals surface area contributed by atoms with E-state index in [2.05, 4.69) is 24.1 Å². The van der Waals surface area contributed by atoms with Gasteiger partial charge in [0.25, 0.3) is 5.91 Å². The van der Waals surface area contributed by atoms with Gasteiger partial charge in [-0.1, -0.05) is 0 Å². The van der Waals surface area contributed by atoms with Gasteiger partial charge in [-0.15, -0.1) is 0 Å². The van der Waals surface area contributed by atoms with E-state index in [-0.39, 0.29) is 12.5 Å². The number of nitrogens with zero attached hydrogens (tertiary/aromatic N) is 2. The molecule has 1 unspecified atom stereocenters. The molecule has 1 N–H and O–H groups in total. The van der Waals surface area contributed by atoms with Crippen molar-refractivity contribution >= 4 is 23.4 Å². The number of benzene rings is 1. The van der Waals surface area contributed by atoms with Crippen LogP contribution in [0.3, 0.4) is 0 Å². The minimum absolute atomic E-state index is 0.0959. The fourth-order valence-corrected chi connectivity index (χ4v) is 2.31. The molecule has 2 amide bonds. The minimum Gasteiger partial charge on any atom is -0.447 e. The van der Waals surface area contributed by atoms with Crippen LogP contribution in [0.1, 0.15) is 13.8 Å². The summed E-state index contributed by atoms with van der Waals surface area (Å²) >= 11 is 0. The molecule has 0 aliphatic carbocycles. The molecule has 1 saturated heterocycles. The fraction of sp³-hybridized carbons (Fsp3) is 0.467. The van der Waals surface area contributed by atoms with Gasteiger partial charge in [0.1, 0.15) is 12.6 Å². The van der Waals surface area contributed by atoms with E-state index in [0.717, 1.165) is 18.8 Å². The Morgan fingerprint density at radius 1 is 1.33 bits per heavy atom. The maximum absolute atomic E-state index is 12.1. The van der Waals surface area contributed by atoms with Gasteiger partial charge in [-0.2, -0.15) is 0 Å². The number of rotatable bonds is 5. The summed E-state index contributed by atoms with van der Waals surface area (Å²) in [5.74, 6) is -0.237. The van der Waals surface area contributed by atoms with Gasteiger partial charge in [0.15, 0.2) is 0 Å². The molecule has 0 bridgehead atoms. The lowest BCUT2D eigenvalue weighted by molar-refractivity contribution is -0.119. The maximum Gasteiger partial charge on any atom is 0.410 e. The quantitative estimate of drug-likeness (QED) is 0.900. The first-order valence-electron chi connectivity index (χ1n) is 7.12. The summed E-state index contributed by atoms with van der Waals surface area (Å²) < 4.78 is 4.84. The number of ether oxygens (including phenoxy) is 1. The van der Waals surface area contributed by atoms with Gasteiger partial charge in [0.05, 0.1) is 0 Å². The summed E-state index contributed by atoms with van der Waals surface area (Å²) in [5, 5.41) is 2.81. The van der Waals surface area contributed by atoms with Crippen LogP contribution in [-0.2, 0) is 9.53 Å². The summed E-state index contributed by atoms with van der Waals surface area (Å²) in [5.41, 5.74) is 1.83. The number of nitrogens with one attached hydrogen (secondary N) is 1. The van der Waals surface area contributed by atoms with Crippen molar-refractivity contribution in [3.05, 3.63) is 24.3 Å². The molecule has 1 fully saturated rings. The second-order valence-electron chi connectivity index (χ2n) is 4.91. The number of hydrogen-bond donors (Lipinski definition) is 1. The third-order valence-electron chi connectivity index (χ3n) is 3.69. The van der Waals surface area contributed by atoms with Gasteiger partial charge in [-0.25, -0.2) is 4.79 Å². The van der Waals surface area contributed by atoms with Gasteiger partial charge in [0.2, 0.25) is 0 Å². The molecule has 6 nitrogen and oxygen atoms in total. The zero-order chi connectivity index (χ0) is 15.4. The van der Waals surface area contributed by atoms with Crippen LogP contribution in [0.5, 0.6) is 0 Å². The summed E-state index contributed by atoms with van der Waals surface area (Å²) in [7, 11) is 1.56. The van der Waals surface area contributed by atoms with Crippen LogP contribution in [0.15, 0.2) is 24.3 Å². The van der Waals surface area contributed by atoms with Crippen molar-refractivity contribution in [2.45, 2.75) is 19.9 Å². The highest BCUT2D eigenvalue weighted by Gasteiger charge is 2.35. The SMILES string of the molecule is CCN(CC)c1ccc(NC(=O)C2COC(=O)N2C)cc1. The van der Waals surface area contributed by atoms with Crippen LogP contribution >= 0.6 is 0 Å². The lowest BCUT2D eigenvalue weighted by atomic mass is 10.2. The number of carbonyl (C=O) groups excluding carboxylic acids is 2. The molecule has 0 spiro atoms. The molecular formula is C15H21N3O3. The zero-order valence-electron chi connectivity index (χ0n) is 12.6. The molecule has 21 heavy (non-hydrogen) atoms. The number of amides is 2. The average molecular weight is 291 g/mol. The number of anilines is 2. The van der Waals surface area contributed by atoms with Crippen LogP contribution in [0, 0.1) is 0 Å². The van der Waals surface area contributed by atoms with Gasteiger partial charge >= 0.3 is 6.09 Å². The van der Waals surface area contributed by atoms with E-state index in [1.165, 1.54) is 4.90 Å². The highest BCUT2D eigenvalue weighted by atomic mass is 16.6. The Labute approximate surface area is 124 Å². The molecule has 0 saturated carbocycles. The molecular weight excluding hydrogens is 270 g/mol. The molecule has 0 radical (unpaired) electrons. The van der Waals surface area contributed by atoms with Crippen molar-refractivity contribution in [1.29, 1.82) is 0 Å². The van der Waals surface area contributed by atoms with Gasteiger partial charge in [-0.05, 0) is 38.1 Å². The number of carbonyl (C=O) groups is 2. The molecule has 114 valence electrons. The Kier molecular flexibility index (Phi) is 4.67. The Morgan fingerprint density at radius 3 is 2.43 bits per heavy atom. The molecule has 2 rings (SSSR count). The van der Waals surface area contributed by atoms with Gasteiger partial charge in [-0.3, -0.25) is 9.69 Å². The zero-order valence-corrected chi connectivity index (χ0v) is 12.6. The highest BCUT2D eigenvalue weighted by Crippen LogP contribution is 2.19. The molecule has 1 aromatic rings. The fourth-order valence-electron chi connectivity index (χ4n) is 2.31. The normalized spacial score (nSPS) is 17.6. The van der Waals surface area contributed by atoms with Crippen molar-refractivity contribution in [2.75, 3.05) is 37.0 Å². The first-order valence-corrected chi connectivity index (χ1v) is 7.12. The van der Waals surface area contributed by atoms with E-state index in [0.29, 0.717) is 5.69 Å². The van der Waals surface area contributed by atoms with Crippen molar-refractivity contribution in [1.82, 2.24) is 4.90 Å². The van der Waals surface area contributed by atoms with E-state index < -0.39 is 12.1 Å². The molecule has 1 aromatic carbocycles.